The third-order valence-electron chi connectivity index (χ3n) is 10.9. The third-order valence-corrected chi connectivity index (χ3v) is 12.0. The summed E-state index contributed by atoms with van der Waals surface area (Å²) in [4.78, 5) is 15.2. The molecular formula is C48H31N3OS. The maximum Gasteiger partial charge on any atom is 0.164 e. The number of hydrogen-bond acceptors (Lipinski definition) is 5. The first kappa shape index (κ1) is 30.2. The highest BCUT2D eigenvalue weighted by Gasteiger charge is 2.38. The molecule has 4 nitrogen and oxygen atoms in total. The van der Waals surface area contributed by atoms with Crippen LogP contribution in [0.25, 0.3) is 98.5 Å². The number of fused-ring (bicyclic) bond motifs is 10. The zero-order valence-corrected chi connectivity index (χ0v) is 29.9. The monoisotopic (exact) mass is 697 g/mol. The van der Waals surface area contributed by atoms with Gasteiger partial charge in [-0.2, -0.15) is 0 Å². The summed E-state index contributed by atoms with van der Waals surface area (Å²) in [5.74, 6) is 1.96. The lowest BCUT2D eigenvalue weighted by Gasteiger charge is -2.23. The van der Waals surface area contributed by atoms with Crippen LogP contribution >= 0.6 is 11.3 Å². The van der Waals surface area contributed by atoms with Gasteiger partial charge in [-0.05, 0) is 69.8 Å². The molecule has 0 fully saturated rings. The van der Waals surface area contributed by atoms with Gasteiger partial charge in [0, 0.05) is 53.1 Å². The van der Waals surface area contributed by atoms with Gasteiger partial charge in [0.25, 0.3) is 0 Å². The standard InChI is InChI=1S/C48H31N3OS/c1-48(2)38-26-30(19-21-33(38)36-23-24-40-43(44(36)48)37-16-6-8-17-39(37)52-40)29-13-10-14-31(25-29)46-49-45(28-11-4-3-5-12-28)50-47(51-46)32-20-22-35-34-15-7-9-18-41(34)53-42(35)27-32/h3-27H,1-2H3. The van der Waals surface area contributed by atoms with Crippen molar-refractivity contribution < 1.29 is 4.42 Å². The van der Waals surface area contributed by atoms with E-state index in [0.29, 0.717) is 17.5 Å². The Labute approximate surface area is 310 Å². The van der Waals surface area contributed by atoms with E-state index in [2.05, 4.69) is 141 Å². The fourth-order valence-corrected chi connectivity index (χ4v) is 9.50. The van der Waals surface area contributed by atoms with Crippen LogP contribution in [-0.2, 0) is 5.41 Å². The second-order valence-corrected chi connectivity index (χ2v) is 15.5. The summed E-state index contributed by atoms with van der Waals surface area (Å²) in [6, 6.07) is 53.5. The van der Waals surface area contributed by atoms with Gasteiger partial charge in [-0.25, -0.2) is 15.0 Å². The van der Waals surface area contributed by atoms with Crippen LogP contribution in [0.1, 0.15) is 25.0 Å². The van der Waals surface area contributed by atoms with Gasteiger partial charge >= 0.3 is 0 Å². The number of furan rings is 1. The van der Waals surface area contributed by atoms with Gasteiger partial charge < -0.3 is 4.42 Å². The Morgan fingerprint density at radius 2 is 1.08 bits per heavy atom. The predicted octanol–water partition coefficient (Wildman–Crippen LogP) is 13.1. The molecule has 0 aliphatic heterocycles. The molecule has 0 atom stereocenters. The first-order valence-electron chi connectivity index (χ1n) is 17.9. The van der Waals surface area contributed by atoms with E-state index in [1.54, 1.807) is 11.3 Å². The van der Waals surface area contributed by atoms with E-state index >= 15 is 0 Å². The highest BCUT2D eigenvalue weighted by atomic mass is 32.1. The second kappa shape index (κ2) is 11.3. The molecule has 5 heteroatoms. The molecule has 0 saturated carbocycles. The van der Waals surface area contributed by atoms with Gasteiger partial charge in [0.15, 0.2) is 17.5 Å². The van der Waals surface area contributed by atoms with Crippen molar-refractivity contribution in [3.8, 4) is 56.4 Å². The van der Waals surface area contributed by atoms with Gasteiger partial charge in [0.1, 0.15) is 11.2 Å². The zero-order chi connectivity index (χ0) is 35.3. The van der Waals surface area contributed by atoms with Crippen molar-refractivity contribution in [1.82, 2.24) is 15.0 Å². The average Bonchev–Trinajstić information content (AvgIpc) is 3.85. The van der Waals surface area contributed by atoms with Crippen LogP contribution in [-0.4, -0.2) is 15.0 Å². The molecule has 10 aromatic rings. The smallest absolute Gasteiger partial charge is 0.164 e. The Balaban J connectivity index is 1.02. The van der Waals surface area contributed by atoms with E-state index in [1.165, 1.54) is 53.2 Å². The highest BCUT2D eigenvalue weighted by Crippen LogP contribution is 2.53. The molecule has 0 radical (unpaired) electrons. The van der Waals surface area contributed by atoms with Crippen LogP contribution in [0.3, 0.4) is 0 Å². The van der Waals surface area contributed by atoms with Gasteiger partial charge in [-0.3, -0.25) is 0 Å². The topological polar surface area (TPSA) is 51.8 Å². The minimum atomic E-state index is -0.215. The number of nitrogens with zero attached hydrogens (tertiary/aromatic N) is 3. The summed E-state index contributed by atoms with van der Waals surface area (Å²) in [5, 5.41) is 4.92. The van der Waals surface area contributed by atoms with Gasteiger partial charge in [-0.15, -0.1) is 11.3 Å². The number of aromatic nitrogens is 3. The molecular weight excluding hydrogens is 667 g/mol. The largest absolute Gasteiger partial charge is 0.456 e. The van der Waals surface area contributed by atoms with Gasteiger partial charge in [0.2, 0.25) is 0 Å². The van der Waals surface area contributed by atoms with E-state index < -0.39 is 0 Å². The van der Waals surface area contributed by atoms with Crippen molar-refractivity contribution >= 4 is 53.4 Å². The Kier molecular flexibility index (Phi) is 6.43. The average molecular weight is 698 g/mol. The normalized spacial score (nSPS) is 13.2. The van der Waals surface area contributed by atoms with Crippen molar-refractivity contribution in [3.05, 3.63) is 163 Å². The van der Waals surface area contributed by atoms with Crippen LogP contribution in [0.15, 0.2) is 156 Å². The summed E-state index contributed by atoms with van der Waals surface area (Å²) in [7, 11) is 0. The molecule has 0 bridgehead atoms. The lowest BCUT2D eigenvalue weighted by Crippen LogP contribution is -2.15. The lowest BCUT2D eigenvalue weighted by atomic mass is 9.80. The van der Waals surface area contributed by atoms with E-state index in [4.69, 9.17) is 19.4 Å². The third kappa shape index (κ3) is 4.64. The SMILES string of the molecule is CC1(C)c2cc(-c3cccc(-c4nc(-c5ccccc5)nc(-c5ccc6c(c5)sc5ccccc56)n4)c3)ccc2-c2ccc3oc4ccccc4c3c21. The molecule has 11 rings (SSSR count). The molecule has 53 heavy (non-hydrogen) atoms. The fourth-order valence-electron chi connectivity index (χ4n) is 8.35. The van der Waals surface area contributed by atoms with Crippen molar-refractivity contribution in [2.75, 3.05) is 0 Å². The molecule has 0 N–H and O–H groups in total. The molecule has 7 aromatic carbocycles. The van der Waals surface area contributed by atoms with Crippen molar-refractivity contribution in [1.29, 1.82) is 0 Å². The molecule has 1 aliphatic rings. The van der Waals surface area contributed by atoms with Crippen LogP contribution in [0, 0.1) is 0 Å². The van der Waals surface area contributed by atoms with Crippen LogP contribution in [0.4, 0.5) is 0 Å². The lowest BCUT2D eigenvalue weighted by molar-refractivity contribution is 0.657. The first-order chi connectivity index (χ1) is 26.0. The number of hydrogen-bond donors (Lipinski definition) is 0. The molecule has 3 aromatic heterocycles. The van der Waals surface area contributed by atoms with Crippen molar-refractivity contribution in [3.63, 3.8) is 0 Å². The summed E-state index contributed by atoms with van der Waals surface area (Å²) >= 11 is 1.80. The molecule has 0 saturated heterocycles. The Morgan fingerprint density at radius 3 is 1.92 bits per heavy atom. The minimum Gasteiger partial charge on any atom is -0.456 e. The van der Waals surface area contributed by atoms with E-state index in [0.717, 1.165) is 39.0 Å². The Bertz CT molecular complexity index is 3100. The summed E-state index contributed by atoms with van der Waals surface area (Å²) in [5.41, 5.74) is 12.0. The summed E-state index contributed by atoms with van der Waals surface area (Å²) in [6.45, 7) is 4.68. The Hall–Kier alpha value is -6.43. The van der Waals surface area contributed by atoms with Crippen molar-refractivity contribution in [2.24, 2.45) is 0 Å². The van der Waals surface area contributed by atoms with Crippen LogP contribution in [0.2, 0.25) is 0 Å². The molecule has 1 aliphatic carbocycles. The zero-order valence-electron chi connectivity index (χ0n) is 29.1. The summed E-state index contributed by atoms with van der Waals surface area (Å²) < 4.78 is 8.80. The number of benzene rings is 7. The fraction of sp³-hybridized carbons (Fsp3) is 0.0625. The first-order valence-corrected chi connectivity index (χ1v) is 18.7. The van der Waals surface area contributed by atoms with Crippen molar-refractivity contribution in [2.45, 2.75) is 19.3 Å². The maximum absolute atomic E-state index is 6.31. The maximum atomic E-state index is 6.31. The molecule has 3 heterocycles. The number of para-hydroxylation sites is 1. The van der Waals surface area contributed by atoms with Gasteiger partial charge in [-0.1, -0.05) is 129 Å². The molecule has 250 valence electrons. The quantitative estimate of drug-likeness (QED) is 0.184. The number of thiophene rings is 1. The van der Waals surface area contributed by atoms with Crippen LogP contribution < -0.4 is 0 Å². The molecule has 0 unspecified atom stereocenters. The predicted molar refractivity (Wildman–Crippen MR) is 219 cm³/mol. The van der Waals surface area contributed by atoms with Gasteiger partial charge in [0.05, 0.1) is 0 Å². The summed E-state index contributed by atoms with van der Waals surface area (Å²) in [6.07, 6.45) is 0. The second-order valence-electron chi connectivity index (χ2n) is 14.4. The van der Waals surface area contributed by atoms with E-state index in [1.807, 2.05) is 24.3 Å². The van der Waals surface area contributed by atoms with E-state index in [9.17, 15) is 0 Å². The highest BCUT2D eigenvalue weighted by molar-refractivity contribution is 7.25. The van der Waals surface area contributed by atoms with Crippen LogP contribution in [0.5, 0.6) is 0 Å². The van der Waals surface area contributed by atoms with E-state index in [-0.39, 0.29) is 5.41 Å². The number of rotatable bonds is 4. The molecule has 0 spiro atoms. The Morgan fingerprint density at radius 1 is 0.453 bits per heavy atom. The molecule has 0 amide bonds. The minimum absolute atomic E-state index is 0.215.